The number of nitrogens with zero attached hydrogens (tertiary/aromatic N) is 5. The topological polar surface area (TPSA) is 58.3 Å². The fraction of sp³-hybridized carbons (Fsp3) is 0.611. The van der Waals surface area contributed by atoms with Gasteiger partial charge in [0.15, 0.2) is 5.96 Å². The van der Waals surface area contributed by atoms with E-state index in [4.69, 9.17) is 0 Å². The molecule has 0 amide bonds. The summed E-state index contributed by atoms with van der Waals surface area (Å²) in [7, 11) is 5.87. The summed E-state index contributed by atoms with van der Waals surface area (Å²) in [6.07, 6.45) is 4.15. The van der Waals surface area contributed by atoms with Crippen LogP contribution >= 0.6 is 35.3 Å². The minimum Gasteiger partial charge on any atom is -0.356 e. The highest BCUT2D eigenvalue weighted by Gasteiger charge is 2.15. The maximum atomic E-state index is 4.58. The lowest BCUT2D eigenvalue weighted by Gasteiger charge is -2.22. The van der Waals surface area contributed by atoms with E-state index < -0.39 is 0 Å². The second-order valence-corrected chi connectivity index (χ2v) is 7.63. The third kappa shape index (κ3) is 6.53. The molecule has 0 aliphatic rings. The maximum Gasteiger partial charge on any atom is 0.193 e. The quantitative estimate of drug-likeness (QED) is 0.279. The van der Waals surface area contributed by atoms with E-state index in [9.17, 15) is 0 Å². The van der Waals surface area contributed by atoms with E-state index in [1.165, 1.54) is 10.6 Å². The van der Waals surface area contributed by atoms with E-state index in [0.717, 1.165) is 43.3 Å². The highest BCUT2D eigenvalue weighted by molar-refractivity contribution is 14.0. The summed E-state index contributed by atoms with van der Waals surface area (Å²) in [5, 5.41) is 11.3. The molecule has 0 fully saturated rings. The molecule has 0 aromatic carbocycles. The number of halogens is 1. The van der Waals surface area contributed by atoms with Crippen molar-refractivity contribution in [2.75, 3.05) is 20.6 Å². The Morgan fingerprint density at radius 3 is 2.73 bits per heavy atom. The van der Waals surface area contributed by atoms with Crippen molar-refractivity contribution in [2.24, 2.45) is 12.0 Å². The number of aromatic nitrogens is 3. The molecule has 2 aromatic heterocycles. The van der Waals surface area contributed by atoms with E-state index in [1.807, 2.05) is 25.7 Å². The first-order chi connectivity index (χ1) is 11.9. The average molecular weight is 490 g/mol. The van der Waals surface area contributed by atoms with Gasteiger partial charge in [0.05, 0.1) is 10.7 Å². The molecule has 0 unspecified atom stereocenters. The largest absolute Gasteiger partial charge is 0.356 e. The molecule has 146 valence electrons. The normalized spacial score (nSPS) is 11.6. The Bertz CT molecular complexity index is 706. The van der Waals surface area contributed by atoms with Gasteiger partial charge in [-0.25, -0.2) is 4.98 Å². The average Bonchev–Trinajstić information content (AvgIpc) is 3.13. The zero-order chi connectivity index (χ0) is 18.4. The third-order valence-corrected chi connectivity index (χ3v) is 5.01. The van der Waals surface area contributed by atoms with E-state index in [1.54, 1.807) is 11.3 Å². The van der Waals surface area contributed by atoms with Crippen LogP contribution in [0.5, 0.6) is 0 Å². The number of hydrogen-bond acceptors (Lipinski definition) is 4. The van der Waals surface area contributed by atoms with Gasteiger partial charge in [0.25, 0.3) is 0 Å². The van der Waals surface area contributed by atoms with E-state index in [2.05, 4.69) is 57.8 Å². The van der Waals surface area contributed by atoms with Gasteiger partial charge in [-0.3, -0.25) is 9.67 Å². The SMILES string of the molecule is CN=C(NCCCc1nc(C)cs1)N(C)Cc1cn(C)nc1C(C)C.I. The van der Waals surface area contributed by atoms with Crippen molar-refractivity contribution in [1.82, 2.24) is 25.0 Å². The minimum absolute atomic E-state index is 0. The first kappa shape index (κ1) is 22.9. The summed E-state index contributed by atoms with van der Waals surface area (Å²) in [6.45, 7) is 8.09. The zero-order valence-corrected chi connectivity index (χ0v) is 19.8. The number of nitrogens with one attached hydrogen (secondary N) is 1. The molecule has 2 heterocycles. The Kier molecular flexibility index (Phi) is 9.56. The van der Waals surface area contributed by atoms with Crippen LogP contribution in [0.15, 0.2) is 16.6 Å². The molecule has 1 N–H and O–H groups in total. The molecule has 2 aromatic rings. The van der Waals surface area contributed by atoms with Gasteiger partial charge in [0.1, 0.15) is 0 Å². The number of thiazole rings is 1. The highest BCUT2D eigenvalue weighted by atomic mass is 127. The second kappa shape index (κ2) is 10.9. The first-order valence-corrected chi connectivity index (χ1v) is 9.63. The molecule has 0 aliphatic heterocycles. The summed E-state index contributed by atoms with van der Waals surface area (Å²) in [6, 6.07) is 0. The van der Waals surface area contributed by atoms with E-state index >= 15 is 0 Å². The van der Waals surface area contributed by atoms with Gasteiger partial charge < -0.3 is 10.2 Å². The second-order valence-electron chi connectivity index (χ2n) is 6.68. The number of rotatable bonds is 7. The Morgan fingerprint density at radius 1 is 1.42 bits per heavy atom. The molecule has 0 spiro atoms. The standard InChI is InChI=1S/C18H30N6S.HI/c1-13(2)17-15(11-24(6)22-17)10-23(5)18(19-4)20-9-7-8-16-21-14(3)12-25-16;/h11-13H,7-10H2,1-6H3,(H,19,20);1H. The summed E-state index contributed by atoms with van der Waals surface area (Å²) in [5.74, 6) is 1.33. The Morgan fingerprint density at radius 2 is 2.15 bits per heavy atom. The molecule has 0 bridgehead atoms. The molecule has 0 radical (unpaired) electrons. The maximum absolute atomic E-state index is 4.58. The van der Waals surface area contributed by atoms with Gasteiger partial charge in [0, 0.05) is 63.5 Å². The van der Waals surface area contributed by atoms with Crippen molar-refractivity contribution >= 4 is 41.3 Å². The fourth-order valence-corrected chi connectivity index (χ4v) is 3.65. The molecular formula is C18H31IN6S. The molecule has 2 rings (SSSR count). The summed E-state index contributed by atoms with van der Waals surface area (Å²) < 4.78 is 1.89. The van der Waals surface area contributed by atoms with Crippen LogP contribution in [0.1, 0.15) is 48.1 Å². The number of aliphatic imine (C=N–C) groups is 1. The van der Waals surface area contributed by atoms with Crippen LogP contribution in [-0.2, 0) is 20.0 Å². The molecule has 0 aliphatic carbocycles. The van der Waals surface area contributed by atoms with Gasteiger partial charge in [-0.05, 0) is 19.3 Å². The lowest BCUT2D eigenvalue weighted by atomic mass is 10.1. The van der Waals surface area contributed by atoms with Crippen LogP contribution in [0.3, 0.4) is 0 Å². The van der Waals surface area contributed by atoms with Gasteiger partial charge in [0.2, 0.25) is 0 Å². The predicted octanol–water partition coefficient (Wildman–Crippen LogP) is 3.57. The van der Waals surface area contributed by atoms with Gasteiger partial charge in [-0.1, -0.05) is 13.8 Å². The lowest BCUT2D eigenvalue weighted by Crippen LogP contribution is -2.39. The van der Waals surface area contributed by atoms with Crippen LogP contribution < -0.4 is 5.32 Å². The van der Waals surface area contributed by atoms with Crippen LogP contribution in [0.2, 0.25) is 0 Å². The van der Waals surface area contributed by atoms with Crippen molar-refractivity contribution in [3.63, 3.8) is 0 Å². The van der Waals surface area contributed by atoms with Gasteiger partial charge in [-0.15, -0.1) is 35.3 Å². The number of aryl methyl sites for hydroxylation is 3. The summed E-state index contributed by atoms with van der Waals surface area (Å²) >= 11 is 1.74. The van der Waals surface area contributed by atoms with Crippen LogP contribution in [0, 0.1) is 6.92 Å². The highest BCUT2D eigenvalue weighted by Crippen LogP contribution is 2.18. The summed E-state index contributed by atoms with van der Waals surface area (Å²) in [4.78, 5) is 11.1. The van der Waals surface area contributed by atoms with Crippen molar-refractivity contribution < 1.29 is 0 Å². The minimum atomic E-state index is 0. The molecule has 0 saturated heterocycles. The first-order valence-electron chi connectivity index (χ1n) is 8.76. The number of guanidine groups is 1. The molecule has 6 nitrogen and oxygen atoms in total. The molecule has 0 saturated carbocycles. The number of hydrogen-bond donors (Lipinski definition) is 1. The lowest BCUT2D eigenvalue weighted by molar-refractivity contribution is 0.472. The van der Waals surface area contributed by atoms with Crippen molar-refractivity contribution in [2.45, 2.75) is 46.1 Å². The summed E-state index contributed by atoms with van der Waals surface area (Å²) in [5.41, 5.74) is 3.52. The van der Waals surface area contributed by atoms with Gasteiger partial charge >= 0.3 is 0 Å². The van der Waals surface area contributed by atoms with Crippen LogP contribution in [0.25, 0.3) is 0 Å². The van der Waals surface area contributed by atoms with Crippen LogP contribution in [-0.4, -0.2) is 46.3 Å². The van der Waals surface area contributed by atoms with Crippen molar-refractivity contribution in [1.29, 1.82) is 0 Å². The molecular weight excluding hydrogens is 459 g/mol. The smallest absolute Gasteiger partial charge is 0.193 e. The van der Waals surface area contributed by atoms with Crippen molar-refractivity contribution in [3.05, 3.63) is 33.5 Å². The molecule has 26 heavy (non-hydrogen) atoms. The van der Waals surface area contributed by atoms with E-state index in [-0.39, 0.29) is 24.0 Å². The Balaban J connectivity index is 0.00000338. The zero-order valence-electron chi connectivity index (χ0n) is 16.6. The Hall–Kier alpha value is -1.16. The fourth-order valence-electron chi connectivity index (χ4n) is 2.84. The predicted molar refractivity (Wildman–Crippen MR) is 121 cm³/mol. The van der Waals surface area contributed by atoms with Crippen LogP contribution in [0.4, 0.5) is 0 Å². The molecule has 0 atom stereocenters. The molecule has 8 heteroatoms. The Labute approximate surface area is 178 Å². The monoisotopic (exact) mass is 490 g/mol. The van der Waals surface area contributed by atoms with Crippen molar-refractivity contribution in [3.8, 4) is 0 Å². The van der Waals surface area contributed by atoms with Gasteiger partial charge in [-0.2, -0.15) is 5.10 Å². The van der Waals surface area contributed by atoms with E-state index in [0.29, 0.717) is 5.92 Å². The third-order valence-electron chi connectivity index (χ3n) is 3.98.